The van der Waals surface area contributed by atoms with Gasteiger partial charge in [0.25, 0.3) is 0 Å². The minimum absolute atomic E-state index is 0.0612. The number of hydrogen-bond donors (Lipinski definition) is 1. The fraction of sp³-hybridized carbons (Fsp3) is 0.588. The van der Waals surface area contributed by atoms with Crippen molar-refractivity contribution >= 4 is 21.4 Å². The van der Waals surface area contributed by atoms with Gasteiger partial charge in [-0.3, -0.25) is 4.79 Å². The molecule has 6 heteroatoms. The van der Waals surface area contributed by atoms with Gasteiger partial charge in [-0.25, -0.2) is 8.42 Å². The Bertz CT molecular complexity index is 668. The molecule has 0 fully saturated rings. The van der Waals surface area contributed by atoms with Crippen LogP contribution in [0, 0.1) is 0 Å². The first kappa shape index (κ1) is 17.8. The lowest BCUT2D eigenvalue weighted by atomic mass is 9.95. The van der Waals surface area contributed by atoms with E-state index in [1.807, 2.05) is 0 Å². The molecule has 128 valence electrons. The van der Waals surface area contributed by atoms with Crippen LogP contribution in [0.4, 0.5) is 5.69 Å². The summed E-state index contributed by atoms with van der Waals surface area (Å²) >= 11 is 0. The second-order valence-electron chi connectivity index (χ2n) is 6.50. The molecule has 2 rings (SSSR count). The largest absolute Gasteiger partial charge is 0.370 e. The van der Waals surface area contributed by atoms with Crippen molar-refractivity contribution in [2.75, 3.05) is 29.5 Å². The third-order valence-electron chi connectivity index (χ3n) is 4.32. The first-order valence-corrected chi connectivity index (χ1v) is 9.97. The average Bonchev–Trinajstić information content (AvgIpc) is 2.50. The van der Waals surface area contributed by atoms with Crippen molar-refractivity contribution in [1.82, 2.24) is 0 Å². The number of benzene rings is 1. The number of carbonyl (C=O) groups excluding carboxylic acids is 1. The summed E-state index contributed by atoms with van der Waals surface area (Å²) in [5.41, 5.74) is 8.79. The molecule has 5 nitrogen and oxygen atoms in total. The number of nitrogens with two attached hydrogens (primary N) is 1. The third-order valence-corrected chi connectivity index (χ3v) is 5.95. The molecule has 0 aliphatic carbocycles. The van der Waals surface area contributed by atoms with Crippen LogP contribution in [0.15, 0.2) is 18.2 Å². The van der Waals surface area contributed by atoms with Crippen LogP contribution < -0.4 is 10.6 Å². The van der Waals surface area contributed by atoms with Crippen LogP contribution in [0.2, 0.25) is 0 Å². The zero-order chi connectivity index (χ0) is 17.0. The highest BCUT2D eigenvalue weighted by atomic mass is 32.2. The number of rotatable bonds is 7. The molecule has 1 aliphatic rings. The number of anilines is 1. The maximum absolute atomic E-state index is 12.0. The first-order chi connectivity index (χ1) is 10.8. The molecular formula is C17H26N2O3S. The molecule has 0 aromatic heterocycles. The van der Waals surface area contributed by atoms with Gasteiger partial charge in [-0.05, 0) is 36.0 Å². The number of fused-ring (bicyclic) bond motifs is 1. The lowest BCUT2D eigenvalue weighted by Crippen LogP contribution is -2.34. The smallest absolute Gasteiger partial charge is 0.218 e. The van der Waals surface area contributed by atoms with Crippen LogP contribution in [0.1, 0.15) is 43.7 Å². The van der Waals surface area contributed by atoms with E-state index >= 15 is 0 Å². The first-order valence-electron chi connectivity index (χ1n) is 8.15. The van der Waals surface area contributed by atoms with Gasteiger partial charge in [0, 0.05) is 25.2 Å². The lowest BCUT2D eigenvalue weighted by molar-refractivity contribution is -0.117. The molecule has 0 radical (unpaired) electrons. The zero-order valence-corrected chi connectivity index (χ0v) is 14.7. The standard InChI is InChI=1S/C17H26N2O3S/c1-13(2)14-5-6-16-15(12-14)4-3-8-19(16)9-11-23(21,22)10-7-17(18)20/h5-6,12-13H,3-4,7-11H2,1-2H3,(H2,18,20). The van der Waals surface area contributed by atoms with Gasteiger partial charge >= 0.3 is 0 Å². The number of carbonyl (C=O) groups is 1. The highest BCUT2D eigenvalue weighted by molar-refractivity contribution is 7.91. The van der Waals surface area contributed by atoms with Gasteiger partial charge in [0.2, 0.25) is 5.91 Å². The van der Waals surface area contributed by atoms with Crippen molar-refractivity contribution in [3.8, 4) is 0 Å². The molecule has 2 N–H and O–H groups in total. The molecular weight excluding hydrogens is 312 g/mol. The number of aryl methyl sites for hydroxylation is 1. The van der Waals surface area contributed by atoms with Gasteiger partial charge in [-0.2, -0.15) is 0 Å². The number of amides is 1. The predicted molar refractivity (Wildman–Crippen MR) is 93.5 cm³/mol. The van der Waals surface area contributed by atoms with Crippen molar-refractivity contribution in [1.29, 1.82) is 0 Å². The fourth-order valence-corrected chi connectivity index (χ4v) is 4.11. The summed E-state index contributed by atoms with van der Waals surface area (Å²) < 4.78 is 24.0. The molecule has 0 unspecified atom stereocenters. The van der Waals surface area contributed by atoms with Crippen molar-refractivity contribution in [2.24, 2.45) is 5.73 Å². The second-order valence-corrected chi connectivity index (χ2v) is 8.81. The van der Waals surface area contributed by atoms with Crippen molar-refractivity contribution in [3.63, 3.8) is 0 Å². The SMILES string of the molecule is CC(C)c1ccc2c(c1)CCCN2CCS(=O)(=O)CCC(N)=O. The van der Waals surface area contributed by atoms with Gasteiger partial charge < -0.3 is 10.6 Å². The summed E-state index contributed by atoms with van der Waals surface area (Å²) in [4.78, 5) is 12.9. The van der Waals surface area contributed by atoms with Gasteiger partial charge in [0.05, 0.1) is 11.5 Å². The Morgan fingerprint density at radius 1 is 1.30 bits per heavy atom. The Balaban J connectivity index is 2.05. The number of nitrogens with zero attached hydrogens (tertiary/aromatic N) is 1. The predicted octanol–water partition coefficient (Wildman–Crippen LogP) is 1.85. The topological polar surface area (TPSA) is 80.5 Å². The highest BCUT2D eigenvalue weighted by Crippen LogP contribution is 2.30. The van der Waals surface area contributed by atoms with Crippen molar-refractivity contribution in [3.05, 3.63) is 29.3 Å². The maximum atomic E-state index is 12.0. The quantitative estimate of drug-likeness (QED) is 0.823. The van der Waals surface area contributed by atoms with Crippen LogP contribution in [-0.4, -0.2) is 38.9 Å². The van der Waals surface area contributed by atoms with Crippen LogP contribution >= 0.6 is 0 Å². The molecule has 1 amide bonds. The van der Waals surface area contributed by atoms with E-state index in [-0.39, 0.29) is 17.9 Å². The van der Waals surface area contributed by atoms with E-state index < -0.39 is 15.7 Å². The Labute approximate surface area is 138 Å². The normalized spacial score (nSPS) is 14.8. The van der Waals surface area contributed by atoms with Crippen molar-refractivity contribution in [2.45, 2.75) is 39.0 Å². The van der Waals surface area contributed by atoms with Crippen LogP contribution in [0.25, 0.3) is 0 Å². The highest BCUT2D eigenvalue weighted by Gasteiger charge is 2.20. The summed E-state index contributed by atoms with van der Waals surface area (Å²) in [6.07, 6.45) is 1.98. The van der Waals surface area contributed by atoms with Gasteiger partial charge in [0.15, 0.2) is 9.84 Å². The van der Waals surface area contributed by atoms with E-state index in [0.717, 1.165) is 25.1 Å². The molecule has 1 aromatic carbocycles. The van der Waals surface area contributed by atoms with E-state index in [1.165, 1.54) is 11.1 Å². The van der Waals surface area contributed by atoms with E-state index in [0.29, 0.717) is 12.5 Å². The summed E-state index contributed by atoms with van der Waals surface area (Å²) in [5.74, 6) is -0.177. The fourth-order valence-electron chi connectivity index (χ4n) is 2.89. The number of sulfone groups is 1. The van der Waals surface area contributed by atoms with Crippen LogP contribution in [0.3, 0.4) is 0 Å². The van der Waals surface area contributed by atoms with E-state index in [9.17, 15) is 13.2 Å². The van der Waals surface area contributed by atoms with Crippen molar-refractivity contribution < 1.29 is 13.2 Å². The molecule has 0 spiro atoms. The zero-order valence-electron chi connectivity index (χ0n) is 13.9. The monoisotopic (exact) mass is 338 g/mol. The molecule has 0 atom stereocenters. The van der Waals surface area contributed by atoms with E-state index in [2.05, 4.69) is 36.9 Å². The minimum Gasteiger partial charge on any atom is -0.370 e. The summed E-state index contributed by atoms with van der Waals surface area (Å²) in [6, 6.07) is 6.48. The molecule has 1 heterocycles. The Morgan fingerprint density at radius 2 is 2.04 bits per heavy atom. The van der Waals surface area contributed by atoms with Gasteiger partial charge in [-0.1, -0.05) is 26.0 Å². The second kappa shape index (κ2) is 7.34. The van der Waals surface area contributed by atoms with E-state index in [1.54, 1.807) is 0 Å². The molecule has 0 saturated carbocycles. The van der Waals surface area contributed by atoms with Gasteiger partial charge in [0.1, 0.15) is 0 Å². The summed E-state index contributed by atoms with van der Waals surface area (Å²) in [5, 5.41) is 0. The molecule has 1 aliphatic heterocycles. The maximum Gasteiger partial charge on any atom is 0.218 e. The number of primary amides is 1. The molecule has 0 bridgehead atoms. The summed E-state index contributed by atoms with van der Waals surface area (Å²) in [7, 11) is -3.24. The van der Waals surface area contributed by atoms with Gasteiger partial charge in [-0.15, -0.1) is 0 Å². The van der Waals surface area contributed by atoms with Crippen LogP contribution in [-0.2, 0) is 21.1 Å². The Hall–Kier alpha value is -1.56. The Kier molecular flexibility index (Phi) is 5.68. The third kappa shape index (κ3) is 4.96. The lowest BCUT2D eigenvalue weighted by Gasteiger charge is -2.32. The minimum atomic E-state index is -3.24. The Morgan fingerprint density at radius 3 is 2.70 bits per heavy atom. The molecule has 23 heavy (non-hydrogen) atoms. The molecule has 0 saturated heterocycles. The van der Waals surface area contributed by atoms with E-state index in [4.69, 9.17) is 5.73 Å². The average molecular weight is 338 g/mol. The summed E-state index contributed by atoms with van der Waals surface area (Å²) in [6.45, 7) is 5.69. The van der Waals surface area contributed by atoms with Crippen LogP contribution in [0.5, 0.6) is 0 Å². The molecule has 1 aromatic rings. The number of hydrogen-bond acceptors (Lipinski definition) is 4.